The maximum absolute atomic E-state index is 12.4. The third kappa shape index (κ3) is 4.13. The third-order valence-corrected chi connectivity index (χ3v) is 5.10. The van der Waals surface area contributed by atoms with Gasteiger partial charge in [-0.1, -0.05) is 21.1 Å². The SMILES string of the molecule is Cn1nnc(Br)c1S(=O)(=O)N(CCBr)CC(F)(F)F. The fourth-order valence-electron chi connectivity index (χ4n) is 1.30. The van der Waals surface area contributed by atoms with Crippen LogP contribution in [0.1, 0.15) is 0 Å². The molecule has 0 bridgehead atoms. The molecule has 19 heavy (non-hydrogen) atoms. The van der Waals surface area contributed by atoms with Gasteiger partial charge in [-0.15, -0.1) is 5.10 Å². The second kappa shape index (κ2) is 6.06. The number of sulfonamides is 1. The molecule has 12 heteroatoms. The summed E-state index contributed by atoms with van der Waals surface area (Å²) in [6, 6.07) is 0. The summed E-state index contributed by atoms with van der Waals surface area (Å²) in [4.78, 5) is 0. The van der Waals surface area contributed by atoms with E-state index in [4.69, 9.17) is 0 Å². The summed E-state index contributed by atoms with van der Waals surface area (Å²) in [5.41, 5.74) is 0. The van der Waals surface area contributed by atoms with E-state index in [1.165, 1.54) is 7.05 Å². The number of rotatable bonds is 5. The van der Waals surface area contributed by atoms with E-state index in [9.17, 15) is 21.6 Å². The fraction of sp³-hybridized carbons (Fsp3) is 0.714. The Morgan fingerprint density at radius 3 is 2.37 bits per heavy atom. The summed E-state index contributed by atoms with van der Waals surface area (Å²) in [6.07, 6.45) is -4.63. The van der Waals surface area contributed by atoms with Crippen LogP contribution in [0.15, 0.2) is 9.63 Å². The minimum absolute atomic E-state index is 0.0746. The molecule has 0 fully saturated rings. The Morgan fingerprint density at radius 2 is 2.00 bits per heavy atom. The van der Waals surface area contributed by atoms with Gasteiger partial charge in [0, 0.05) is 18.9 Å². The van der Waals surface area contributed by atoms with Crippen molar-refractivity contribution >= 4 is 41.9 Å². The molecule has 0 aliphatic carbocycles. The summed E-state index contributed by atoms with van der Waals surface area (Å²) in [6.45, 7) is -1.89. The van der Waals surface area contributed by atoms with Crippen molar-refractivity contribution in [3.8, 4) is 0 Å². The van der Waals surface area contributed by atoms with Crippen molar-refractivity contribution in [2.45, 2.75) is 11.2 Å². The summed E-state index contributed by atoms with van der Waals surface area (Å²) in [7, 11) is -3.06. The van der Waals surface area contributed by atoms with Crippen LogP contribution in [-0.4, -0.2) is 52.3 Å². The molecule has 1 heterocycles. The molecular weight excluding hydrogens is 421 g/mol. The molecule has 0 amide bonds. The second-order valence-corrected chi connectivity index (χ2v) is 6.85. The van der Waals surface area contributed by atoms with Crippen molar-refractivity contribution < 1.29 is 21.6 Å². The predicted octanol–water partition coefficient (Wildman–Crippen LogP) is 1.53. The van der Waals surface area contributed by atoms with E-state index < -0.39 is 27.8 Å². The number of alkyl halides is 4. The van der Waals surface area contributed by atoms with E-state index in [2.05, 4.69) is 42.2 Å². The molecule has 0 atom stereocenters. The van der Waals surface area contributed by atoms with Crippen LogP contribution in [0.3, 0.4) is 0 Å². The molecular formula is C7H9Br2F3N4O2S. The van der Waals surface area contributed by atoms with Gasteiger partial charge >= 0.3 is 6.18 Å². The van der Waals surface area contributed by atoms with Gasteiger partial charge in [0.2, 0.25) is 5.03 Å². The molecule has 110 valence electrons. The summed E-state index contributed by atoms with van der Waals surface area (Å²) < 4.78 is 62.7. The molecule has 0 saturated carbocycles. The molecule has 0 unspecified atom stereocenters. The molecule has 0 aliphatic rings. The topological polar surface area (TPSA) is 68.1 Å². The van der Waals surface area contributed by atoms with Crippen molar-refractivity contribution in [2.24, 2.45) is 7.05 Å². The number of nitrogens with zero attached hydrogens (tertiary/aromatic N) is 4. The Bertz CT molecular complexity index is 526. The Hall–Kier alpha value is -0.200. The molecule has 6 nitrogen and oxygen atoms in total. The Morgan fingerprint density at radius 1 is 1.42 bits per heavy atom. The first-order valence-corrected chi connectivity index (χ1v) is 8.13. The summed E-state index contributed by atoms with van der Waals surface area (Å²) >= 11 is 5.79. The minimum atomic E-state index is -4.63. The zero-order valence-corrected chi connectivity index (χ0v) is 13.5. The van der Waals surface area contributed by atoms with Crippen molar-refractivity contribution in [1.29, 1.82) is 0 Å². The Kier molecular flexibility index (Phi) is 5.37. The number of hydrogen-bond donors (Lipinski definition) is 0. The zero-order valence-electron chi connectivity index (χ0n) is 9.52. The van der Waals surface area contributed by atoms with Crippen LogP contribution >= 0.6 is 31.9 Å². The van der Waals surface area contributed by atoms with Crippen LogP contribution in [0.5, 0.6) is 0 Å². The molecule has 0 N–H and O–H groups in total. The summed E-state index contributed by atoms with van der Waals surface area (Å²) in [5.74, 6) is 0. The van der Waals surface area contributed by atoms with Crippen molar-refractivity contribution in [3.05, 3.63) is 4.60 Å². The van der Waals surface area contributed by atoms with Gasteiger partial charge in [-0.05, 0) is 15.9 Å². The van der Waals surface area contributed by atoms with Gasteiger partial charge in [-0.25, -0.2) is 13.1 Å². The maximum Gasteiger partial charge on any atom is 0.402 e. The van der Waals surface area contributed by atoms with E-state index in [1.54, 1.807) is 0 Å². The average Bonchev–Trinajstić information content (AvgIpc) is 2.56. The van der Waals surface area contributed by atoms with Crippen LogP contribution in [0.2, 0.25) is 0 Å². The molecule has 0 spiro atoms. The number of aryl methyl sites for hydroxylation is 1. The van der Waals surface area contributed by atoms with Gasteiger partial charge in [0.1, 0.15) is 6.54 Å². The van der Waals surface area contributed by atoms with Gasteiger partial charge in [0.25, 0.3) is 10.0 Å². The monoisotopic (exact) mass is 428 g/mol. The second-order valence-electron chi connectivity index (χ2n) is 3.45. The van der Waals surface area contributed by atoms with Crippen LogP contribution in [0, 0.1) is 0 Å². The smallest absolute Gasteiger partial charge is 0.235 e. The van der Waals surface area contributed by atoms with Crippen LogP contribution in [0.25, 0.3) is 0 Å². The van der Waals surface area contributed by atoms with Gasteiger partial charge in [0.15, 0.2) is 4.60 Å². The van der Waals surface area contributed by atoms with E-state index in [1.807, 2.05) is 0 Å². The van der Waals surface area contributed by atoms with Gasteiger partial charge < -0.3 is 0 Å². The first kappa shape index (κ1) is 16.9. The average molecular weight is 430 g/mol. The van der Waals surface area contributed by atoms with Crippen LogP contribution < -0.4 is 0 Å². The van der Waals surface area contributed by atoms with E-state index in [0.29, 0.717) is 4.31 Å². The highest BCUT2D eigenvalue weighted by Gasteiger charge is 2.39. The van der Waals surface area contributed by atoms with Crippen molar-refractivity contribution in [3.63, 3.8) is 0 Å². The predicted molar refractivity (Wildman–Crippen MR) is 67.3 cm³/mol. The van der Waals surface area contributed by atoms with E-state index >= 15 is 0 Å². The van der Waals surface area contributed by atoms with Crippen LogP contribution in [-0.2, 0) is 17.1 Å². The van der Waals surface area contributed by atoms with Crippen LogP contribution in [0.4, 0.5) is 13.2 Å². The molecule has 1 aromatic heterocycles. The molecule has 0 radical (unpaired) electrons. The lowest BCUT2D eigenvalue weighted by Crippen LogP contribution is -2.40. The standard InChI is InChI=1S/C7H9Br2F3N4O2S/c1-15-6(5(9)13-14-15)19(17,18)16(3-2-8)4-7(10,11)12/h2-4H2,1H3. The molecule has 1 rings (SSSR count). The Balaban J connectivity index is 3.21. The lowest BCUT2D eigenvalue weighted by Gasteiger charge is -2.22. The first-order valence-electron chi connectivity index (χ1n) is 4.77. The highest BCUT2D eigenvalue weighted by molar-refractivity contribution is 9.10. The first-order chi connectivity index (χ1) is 8.59. The van der Waals surface area contributed by atoms with Gasteiger partial charge in [-0.3, -0.25) is 0 Å². The lowest BCUT2D eigenvalue weighted by molar-refractivity contribution is -0.135. The largest absolute Gasteiger partial charge is 0.402 e. The zero-order chi connectivity index (χ0) is 14.8. The fourth-order valence-corrected chi connectivity index (χ4v) is 4.42. The minimum Gasteiger partial charge on any atom is -0.235 e. The van der Waals surface area contributed by atoms with Crippen molar-refractivity contribution in [1.82, 2.24) is 19.3 Å². The van der Waals surface area contributed by atoms with Crippen molar-refractivity contribution in [2.75, 3.05) is 18.4 Å². The summed E-state index contributed by atoms with van der Waals surface area (Å²) in [5, 5.41) is 6.55. The normalized spacial score (nSPS) is 13.2. The third-order valence-electron chi connectivity index (χ3n) is 2.01. The molecule has 0 aromatic carbocycles. The lowest BCUT2D eigenvalue weighted by atomic mass is 10.6. The number of hydrogen-bond acceptors (Lipinski definition) is 4. The highest BCUT2D eigenvalue weighted by Crippen LogP contribution is 2.25. The molecule has 0 saturated heterocycles. The maximum atomic E-state index is 12.4. The van der Waals surface area contributed by atoms with Gasteiger partial charge in [0.05, 0.1) is 0 Å². The quantitative estimate of drug-likeness (QED) is 0.665. The molecule has 0 aliphatic heterocycles. The Labute approximate surface area is 124 Å². The number of halogens is 5. The number of aromatic nitrogens is 3. The van der Waals surface area contributed by atoms with E-state index in [-0.39, 0.29) is 16.5 Å². The highest BCUT2D eigenvalue weighted by atomic mass is 79.9. The molecule has 1 aromatic rings. The van der Waals surface area contributed by atoms with Gasteiger partial charge in [-0.2, -0.15) is 17.5 Å². The van der Waals surface area contributed by atoms with E-state index in [0.717, 1.165) is 4.68 Å².